The summed E-state index contributed by atoms with van der Waals surface area (Å²) in [6, 6.07) is 8.54. The highest BCUT2D eigenvalue weighted by atomic mass is 19.1. The largest absolute Gasteiger partial charge is 0.444 e. The molecule has 1 atom stereocenters. The molecule has 2 amide bonds. The Labute approximate surface area is 156 Å². The van der Waals surface area contributed by atoms with Gasteiger partial charge in [0.1, 0.15) is 17.2 Å². The van der Waals surface area contributed by atoms with Crippen LogP contribution in [0.25, 0.3) is 0 Å². The molecular formula is C20H22F2N2O3. The number of hydrogen-bond donors (Lipinski definition) is 2. The fourth-order valence-corrected chi connectivity index (χ4v) is 2.36. The predicted octanol–water partition coefficient (Wildman–Crippen LogP) is 4.80. The van der Waals surface area contributed by atoms with Gasteiger partial charge in [0.25, 0.3) is 5.91 Å². The molecule has 1 unspecified atom stereocenters. The Morgan fingerprint density at radius 2 is 1.78 bits per heavy atom. The summed E-state index contributed by atoms with van der Waals surface area (Å²) in [4.78, 5) is 24.3. The third-order valence-corrected chi connectivity index (χ3v) is 3.54. The van der Waals surface area contributed by atoms with E-state index in [4.69, 9.17) is 4.74 Å². The SMILES string of the molecule is CC(NC(=O)c1cccc(NC(=O)OC(C)(C)C)c1)c1cc(F)ccc1F. The average Bonchev–Trinajstić information content (AvgIpc) is 2.55. The third-order valence-electron chi connectivity index (χ3n) is 3.54. The van der Waals surface area contributed by atoms with Crippen molar-refractivity contribution in [1.82, 2.24) is 5.32 Å². The lowest BCUT2D eigenvalue weighted by atomic mass is 10.1. The number of benzene rings is 2. The van der Waals surface area contributed by atoms with Gasteiger partial charge in [-0.2, -0.15) is 0 Å². The van der Waals surface area contributed by atoms with Gasteiger partial charge in [-0.25, -0.2) is 13.6 Å². The van der Waals surface area contributed by atoms with Crippen molar-refractivity contribution < 1.29 is 23.1 Å². The molecule has 0 heterocycles. The van der Waals surface area contributed by atoms with Gasteiger partial charge in [0.2, 0.25) is 0 Å². The number of anilines is 1. The quantitative estimate of drug-likeness (QED) is 0.805. The molecule has 144 valence electrons. The van der Waals surface area contributed by atoms with Crippen LogP contribution in [0.4, 0.5) is 19.3 Å². The van der Waals surface area contributed by atoms with Crippen LogP contribution < -0.4 is 10.6 Å². The smallest absolute Gasteiger partial charge is 0.412 e. The summed E-state index contributed by atoms with van der Waals surface area (Å²) in [5, 5.41) is 5.15. The van der Waals surface area contributed by atoms with E-state index in [9.17, 15) is 18.4 Å². The highest BCUT2D eigenvalue weighted by molar-refractivity contribution is 5.96. The van der Waals surface area contributed by atoms with Crippen LogP contribution in [0.5, 0.6) is 0 Å². The van der Waals surface area contributed by atoms with Gasteiger partial charge < -0.3 is 10.1 Å². The topological polar surface area (TPSA) is 67.4 Å². The van der Waals surface area contributed by atoms with Crippen LogP contribution in [-0.4, -0.2) is 17.6 Å². The van der Waals surface area contributed by atoms with Crippen LogP contribution in [0.1, 0.15) is 49.7 Å². The van der Waals surface area contributed by atoms with Crippen LogP contribution in [0, 0.1) is 11.6 Å². The van der Waals surface area contributed by atoms with Gasteiger partial charge in [-0.05, 0) is 64.1 Å². The monoisotopic (exact) mass is 376 g/mol. The molecule has 0 saturated heterocycles. The molecule has 2 aromatic carbocycles. The molecule has 0 bridgehead atoms. The van der Waals surface area contributed by atoms with E-state index in [1.807, 2.05) is 0 Å². The first-order chi connectivity index (χ1) is 12.5. The maximum atomic E-state index is 13.8. The molecule has 0 aliphatic rings. The normalized spacial score (nSPS) is 12.2. The van der Waals surface area contributed by atoms with Crippen molar-refractivity contribution in [3.8, 4) is 0 Å². The Bertz CT molecular complexity index is 847. The number of nitrogens with one attached hydrogen (secondary N) is 2. The van der Waals surface area contributed by atoms with Crippen molar-refractivity contribution in [2.45, 2.75) is 39.3 Å². The number of rotatable bonds is 4. The average molecular weight is 376 g/mol. The summed E-state index contributed by atoms with van der Waals surface area (Å²) in [5.41, 5.74) is 0.0314. The van der Waals surface area contributed by atoms with Crippen molar-refractivity contribution in [3.63, 3.8) is 0 Å². The third kappa shape index (κ3) is 6.06. The van der Waals surface area contributed by atoms with Crippen LogP contribution in [0.15, 0.2) is 42.5 Å². The number of carbonyl (C=O) groups is 2. The van der Waals surface area contributed by atoms with Crippen molar-refractivity contribution >= 4 is 17.7 Å². The van der Waals surface area contributed by atoms with Gasteiger partial charge in [-0.3, -0.25) is 10.1 Å². The van der Waals surface area contributed by atoms with Crippen LogP contribution in [-0.2, 0) is 4.74 Å². The molecule has 0 aliphatic carbocycles. The standard InChI is InChI=1S/C20H22F2N2O3/c1-12(16-11-14(21)8-9-17(16)22)23-18(25)13-6-5-7-15(10-13)24-19(26)27-20(2,3)4/h5-12H,1-4H3,(H,23,25)(H,24,26). The second-order valence-corrected chi connectivity index (χ2v) is 7.07. The van der Waals surface area contributed by atoms with Gasteiger partial charge in [-0.15, -0.1) is 0 Å². The highest BCUT2D eigenvalue weighted by Crippen LogP contribution is 2.19. The molecule has 0 aliphatic heterocycles. The summed E-state index contributed by atoms with van der Waals surface area (Å²) in [5.74, 6) is -1.68. The Morgan fingerprint density at radius 3 is 2.44 bits per heavy atom. The number of ether oxygens (including phenoxy) is 1. The molecule has 7 heteroatoms. The Balaban J connectivity index is 2.08. The molecule has 0 spiro atoms. The number of halogens is 2. The minimum Gasteiger partial charge on any atom is -0.444 e. The minimum absolute atomic E-state index is 0.0476. The molecule has 0 fully saturated rings. The van der Waals surface area contributed by atoms with E-state index in [1.165, 1.54) is 6.07 Å². The van der Waals surface area contributed by atoms with Gasteiger partial charge >= 0.3 is 6.09 Å². The lowest BCUT2D eigenvalue weighted by Crippen LogP contribution is -2.28. The van der Waals surface area contributed by atoms with E-state index in [0.29, 0.717) is 5.69 Å². The molecule has 27 heavy (non-hydrogen) atoms. The molecule has 2 aromatic rings. The summed E-state index contributed by atoms with van der Waals surface area (Å²) in [6.45, 7) is 6.77. The predicted molar refractivity (Wildman–Crippen MR) is 98.5 cm³/mol. The number of amides is 2. The van der Waals surface area contributed by atoms with Gasteiger partial charge in [0, 0.05) is 16.8 Å². The summed E-state index contributed by atoms with van der Waals surface area (Å²) >= 11 is 0. The molecule has 0 saturated carbocycles. The van der Waals surface area contributed by atoms with Crippen molar-refractivity contribution in [2.75, 3.05) is 5.32 Å². The maximum Gasteiger partial charge on any atom is 0.412 e. The highest BCUT2D eigenvalue weighted by Gasteiger charge is 2.18. The second kappa shape index (κ2) is 8.16. The first-order valence-electron chi connectivity index (χ1n) is 8.41. The fraction of sp³-hybridized carbons (Fsp3) is 0.300. The molecule has 2 rings (SSSR count). The fourth-order valence-electron chi connectivity index (χ4n) is 2.36. The van der Waals surface area contributed by atoms with E-state index in [0.717, 1.165) is 18.2 Å². The van der Waals surface area contributed by atoms with Crippen LogP contribution >= 0.6 is 0 Å². The van der Waals surface area contributed by atoms with Crippen molar-refractivity contribution in [2.24, 2.45) is 0 Å². The molecule has 0 radical (unpaired) electrons. The summed E-state index contributed by atoms with van der Waals surface area (Å²) in [7, 11) is 0. The van der Waals surface area contributed by atoms with Gasteiger partial charge in [-0.1, -0.05) is 6.07 Å². The van der Waals surface area contributed by atoms with E-state index < -0.39 is 35.3 Å². The lowest BCUT2D eigenvalue weighted by molar-refractivity contribution is 0.0635. The van der Waals surface area contributed by atoms with Gasteiger partial charge in [0.05, 0.1) is 6.04 Å². The Kier molecular flexibility index (Phi) is 6.15. The zero-order chi connectivity index (χ0) is 20.2. The second-order valence-electron chi connectivity index (χ2n) is 7.07. The maximum absolute atomic E-state index is 13.8. The first kappa shape index (κ1) is 20.4. The molecule has 2 N–H and O–H groups in total. The number of hydrogen-bond acceptors (Lipinski definition) is 3. The van der Waals surface area contributed by atoms with Crippen molar-refractivity contribution in [3.05, 3.63) is 65.2 Å². The first-order valence-corrected chi connectivity index (χ1v) is 8.41. The molecule has 0 aromatic heterocycles. The molecular weight excluding hydrogens is 354 g/mol. The van der Waals surface area contributed by atoms with E-state index in [1.54, 1.807) is 45.9 Å². The zero-order valence-electron chi connectivity index (χ0n) is 15.6. The molecule has 5 nitrogen and oxygen atoms in total. The summed E-state index contributed by atoms with van der Waals surface area (Å²) in [6.07, 6.45) is -0.643. The van der Waals surface area contributed by atoms with Crippen LogP contribution in [0.2, 0.25) is 0 Å². The number of carbonyl (C=O) groups excluding carboxylic acids is 2. The van der Waals surface area contributed by atoms with E-state index >= 15 is 0 Å². The Morgan fingerprint density at radius 1 is 1.07 bits per heavy atom. The minimum atomic E-state index is -0.740. The van der Waals surface area contributed by atoms with Gasteiger partial charge in [0.15, 0.2) is 0 Å². The van der Waals surface area contributed by atoms with E-state index in [-0.39, 0.29) is 11.1 Å². The Hall–Kier alpha value is -2.96. The van der Waals surface area contributed by atoms with Crippen molar-refractivity contribution in [1.29, 1.82) is 0 Å². The van der Waals surface area contributed by atoms with Crippen LogP contribution in [0.3, 0.4) is 0 Å². The zero-order valence-corrected chi connectivity index (χ0v) is 15.6. The lowest BCUT2D eigenvalue weighted by Gasteiger charge is -2.20. The summed E-state index contributed by atoms with van der Waals surface area (Å²) < 4.78 is 32.3. The van der Waals surface area contributed by atoms with E-state index in [2.05, 4.69) is 10.6 Å².